The molecule has 10 rings (SSSR count). The molecule has 0 aliphatic carbocycles. The highest BCUT2D eigenvalue weighted by Gasteiger charge is 2.30. The van der Waals surface area contributed by atoms with Crippen molar-refractivity contribution < 1.29 is 0 Å². The highest BCUT2D eigenvalue weighted by Crippen LogP contribution is 2.51. The first kappa shape index (κ1) is 24.3. The van der Waals surface area contributed by atoms with Crippen LogP contribution in [0.15, 0.2) is 158 Å². The van der Waals surface area contributed by atoms with Crippen LogP contribution in [0.1, 0.15) is 0 Å². The normalized spacial score (nSPS) is 12.4. The van der Waals surface area contributed by atoms with Crippen molar-refractivity contribution in [1.82, 2.24) is 14.1 Å². The molecule has 0 amide bonds. The van der Waals surface area contributed by atoms with Gasteiger partial charge in [-0.2, -0.15) is 0 Å². The third-order valence-corrected chi connectivity index (χ3v) is 9.28. The van der Waals surface area contributed by atoms with E-state index in [-0.39, 0.29) is 0 Å². The number of para-hydroxylation sites is 5. The largest absolute Gasteiger partial charge is 0.307 e. The Bertz CT molecular complexity index is 2590. The molecule has 4 heterocycles. The van der Waals surface area contributed by atoms with Crippen LogP contribution < -0.4 is 4.90 Å². The molecule has 4 heteroatoms. The van der Waals surface area contributed by atoms with Gasteiger partial charge in [-0.3, -0.25) is 4.98 Å². The van der Waals surface area contributed by atoms with Gasteiger partial charge in [-0.05, 0) is 60.2 Å². The summed E-state index contributed by atoms with van der Waals surface area (Å²) in [4.78, 5) is 6.79. The Morgan fingerprint density at radius 2 is 1.04 bits per heavy atom. The van der Waals surface area contributed by atoms with E-state index in [0.29, 0.717) is 0 Å². The van der Waals surface area contributed by atoms with E-state index in [1.165, 1.54) is 60.7 Å². The molecule has 0 saturated carbocycles. The highest BCUT2D eigenvalue weighted by atomic mass is 15.2. The second kappa shape index (κ2) is 9.18. The molecule has 4 nitrogen and oxygen atoms in total. The molecule has 1 aliphatic rings. The van der Waals surface area contributed by atoms with Crippen LogP contribution in [0.4, 0.5) is 17.1 Å². The minimum Gasteiger partial charge on any atom is -0.307 e. The van der Waals surface area contributed by atoms with Crippen molar-refractivity contribution in [1.29, 1.82) is 0 Å². The van der Waals surface area contributed by atoms with Crippen molar-refractivity contribution in [3.63, 3.8) is 0 Å². The lowest BCUT2D eigenvalue weighted by Gasteiger charge is -2.33. The fourth-order valence-corrected chi connectivity index (χ4v) is 7.45. The number of benzene rings is 6. The van der Waals surface area contributed by atoms with Crippen molar-refractivity contribution in [3.8, 4) is 22.5 Å². The molecule has 210 valence electrons. The predicted octanol–water partition coefficient (Wildman–Crippen LogP) is 10.7. The van der Waals surface area contributed by atoms with Gasteiger partial charge in [0.05, 0.1) is 39.1 Å². The Balaban J connectivity index is 1.39. The molecule has 0 spiro atoms. The number of hydrogen-bond acceptors (Lipinski definition) is 2. The molecular formula is C41H26N4. The SMILES string of the molecule is c1ccc(N2c3ccccc3-n3c4c2cccc4c2ccc4c5ccccc5n(-c5cccc(-c6cccnc6)c5)c4c23)cc1. The third-order valence-electron chi connectivity index (χ3n) is 9.28. The first-order valence-electron chi connectivity index (χ1n) is 15.3. The van der Waals surface area contributed by atoms with Gasteiger partial charge in [0.2, 0.25) is 0 Å². The van der Waals surface area contributed by atoms with Crippen LogP contribution in [0.2, 0.25) is 0 Å². The van der Waals surface area contributed by atoms with Crippen LogP contribution >= 0.6 is 0 Å². The number of fused-ring (bicyclic) bond motifs is 9. The number of rotatable bonds is 3. The average molecular weight is 575 g/mol. The maximum Gasteiger partial charge on any atom is 0.0790 e. The number of aromatic nitrogens is 3. The zero-order valence-corrected chi connectivity index (χ0v) is 24.3. The van der Waals surface area contributed by atoms with E-state index in [0.717, 1.165) is 22.5 Å². The van der Waals surface area contributed by atoms with Crippen molar-refractivity contribution in [2.75, 3.05) is 4.90 Å². The van der Waals surface area contributed by atoms with Crippen LogP contribution in [-0.4, -0.2) is 14.1 Å². The van der Waals surface area contributed by atoms with E-state index in [2.05, 4.69) is 159 Å². The molecule has 0 bridgehead atoms. The maximum absolute atomic E-state index is 4.39. The summed E-state index contributed by atoms with van der Waals surface area (Å²) >= 11 is 0. The van der Waals surface area contributed by atoms with Gasteiger partial charge in [0.1, 0.15) is 0 Å². The minimum atomic E-state index is 1.10. The summed E-state index contributed by atoms with van der Waals surface area (Å²) in [6.45, 7) is 0. The van der Waals surface area contributed by atoms with Crippen molar-refractivity contribution in [3.05, 3.63) is 158 Å². The second-order valence-electron chi connectivity index (χ2n) is 11.7. The molecule has 45 heavy (non-hydrogen) atoms. The molecule has 0 N–H and O–H groups in total. The summed E-state index contributed by atoms with van der Waals surface area (Å²) in [5.74, 6) is 0. The van der Waals surface area contributed by atoms with Crippen molar-refractivity contribution >= 4 is 60.7 Å². The summed E-state index contributed by atoms with van der Waals surface area (Å²) in [6.07, 6.45) is 3.76. The molecule has 0 radical (unpaired) electrons. The van der Waals surface area contributed by atoms with Gasteiger partial charge in [0, 0.05) is 50.9 Å². The lowest BCUT2D eigenvalue weighted by atomic mass is 10.1. The van der Waals surface area contributed by atoms with Crippen LogP contribution in [0.25, 0.3) is 66.1 Å². The molecule has 1 aliphatic heterocycles. The Kier molecular flexibility index (Phi) is 4.96. The Morgan fingerprint density at radius 1 is 0.400 bits per heavy atom. The van der Waals surface area contributed by atoms with Gasteiger partial charge in [0.25, 0.3) is 0 Å². The number of nitrogens with zero attached hydrogens (tertiary/aromatic N) is 4. The van der Waals surface area contributed by atoms with Gasteiger partial charge in [0.15, 0.2) is 0 Å². The first-order valence-corrected chi connectivity index (χ1v) is 15.3. The van der Waals surface area contributed by atoms with Crippen LogP contribution in [0.3, 0.4) is 0 Å². The summed E-state index contributed by atoms with van der Waals surface area (Å²) in [5, 5.41) is 4.99. The van der Waals surface area contributed by atoms with Crippen LogP contribution in [0, 0.1) is 0 Å². The van der Waals surface area contributed by atoms with Crippen molar-refractivity contribution in [2.24, 2.45) is 0 Å². The van der Waals surface area contributed by atoms with Gasteiger partial charge in [-0.1, -0.05) is 91.0 Å². The molecule has 3 aromatic heterocycles. The van der Waals surface area contributed by atoms with Gasteiger partial charge >= 0.3 is 0 Å². The predicted molar refractivity (Wildman–Crippen MR) is 187 cm³/mol. The van der Waals surface area contributed by atoms with E-state index in [1.54, 1.807) is 0 Å². The second-order valence-corrected chi connectivity index (χ2v) is 11.7. The Labute approximate surface area is 259 Å². The number of hydrogen-bond donors (Lipinski definition) is 0. The van der Waals surface area contributed by atoms with E-state index in [9.17, 15) is 0 Å². The number of anilines is 3. The third kappa shape index (κ3) is 3.34. The molecule has 6 aromatic carbocycles. The van der Waals surface area contributed by atoms with Crippen LogP contribution in [-0.2, 0) is 0 Å². The maximum atomic E-state index is 4.39. The Morgan fingerprint density at radius 3 is 1.91 bits per heavy atom. The first-order chi connectivity index (χ1) is 22.4. The lowest BCUT2D eigenvalue weighted by molar-refractivity contribution is 1.10. The van der Waals surface area contributed by atoms with E-state index in [4.69, 9.17) is 0 Å². The minimum absolute atomic E-state index is 1.10. The fraction of sp³-hybridized carbons (Fsp3) is 0. The molecule has 9 aromatic rings. The monoisotopic (exact) mass is 574 g/mol. The molecule has 0 unspecified atom stereocenters. The molecule has 0 atom stereocenters. The molecule has 0 saturated heterocycles. The average Bonchev–Trinajstić information content (AvgIpc) is 3.64. The van der Waals surface area contributed by atoms with E-state index in [1.807, 2.05) is 18.5 Å². The lowest BCUT2D eigenvalue weighted by Crippen LogP contribution is -2.18. The molecular weight excluding hydrogens is 548 g/mol. The van der Waals surface area contributed by atoms with Gasteiger partial charge in [-0.25, -0.2) is 0 Å². The highest BCUT2D eigenvalue weighted by molar-refractivity contribution is 6.26. The van der Waals surface area contributed by atoms with E-state index >= 15 is 0 Å². The standard InChI is InChI=1S/C41H26N4/c1-2-13-29(14-3-1)43-36-19-6-7-20-37(36)45-39-32(17-9-21-38(39)43)34-23-22-33-31-16-4-5-18-35(31)44(40(33)41(34)45)30-15-8-11-27(25-30)28-12-10-24-42-26-28/h1-26H. The van der Waals surface area contributed by atoms with E-state index < -0.39 is 0 Å². The van der Waals surface area contributed by atoms with Crippen molar-refractivity contribution in [2.45, 2.75) is 0 Å². The smallest absolute Gasteiger partial charge is 0.0790 e. The summed E-state index contributed by atoms with van der Waals surface area (Å²) in [6, 6.07) is 52.6. The van der Waals surface area contributed by atoms with Gasteiger partial charge < -0.3 is 14.0 Å². The zero-order valence-electron chi connectivity index (χ0n) is 24.3. The van der Waals surface area contributed by atoms with Crippen LogP contribution in [0.5, 0.6) is 0 Å². The topological polar surface area (TPSA) is 26.0 Å². The summed E-state index contributed by atoms with van der Waals surface area (Å²) in [7, 11) is 0. The fourth-order valence-electron chi connectivity index (χ4n) is 7.45. The summed E-state index contributed by atoms with van der Waals surface area (Å²) < 4.78 is 4.97. The molecule has 0 fully saturated rings. The quantitative estimate of drug-likeness (QED) is 0.210. The number of pyridine rings is 1. The zero-order chi connectivity index (χ0) is 29.5. The Hall–Kier alpha value is -6.13. The van der Waals surface area contributed by atoms with Gasteiger partial charge in [-0.15, -0.1) is 0 Å². The summed E-state index contributed by atoms with van der Waals surface area (Å²) in [5.41, 5.74) is 12.9.